The molecule has 9 heteroatoms. The second-order valence-corrected chi connectivity index (χ2v) is 6.95. The van der Waals surface area contributed by atoms with Crippen LogP contribution in [-0.4, -0.2) is 60.8 Å². The number of nitrogens with zero attached hydrogens (tertiary/aromatic N) is 5. The molecule has 0 bridgehead atoms. The molecule has 0 atom stereocenters. The molecule has 3 aromatic rings. The van der Waals surface area contributed by atoms with E-state index in [1.807, 2.05) is 18.2 Å². The predicted octanol–water partition coefficient (Wildman–Crippen LogP) is 2.22. The van der Waals surface area contributed by atoms with Crippen molar-refractivity contribution in [3.63, 3.8) is 0 Å². The lowest BCUT2D eigenvalue weighted by atomic mass is 10.3. The molecule has 3 heterocycles. The Hall–Kier alpha value is -3.88. The summed E-state index contributed by atoms with van der Waals surface area (Å²) in [5.41, 5.74) is 0.527. The number of hydrogen-bond acceptors (Lipinski definition) is 8. The number of amides is 1. The number of pyridine rings is 1. The highest BCUT2D eigenvalue weighted by atomic mass is 16.5. The first-order chi connectivity index (χ1) is 15.2. The fourth-order valence-corrected chi connectivity index (χ4v) is 3.24. The van der Waals surface area contributed by atoms with Crippen molar-refractivity contribution in [2.24, 2.45) is 0 Å². The van der Waals surface area contributed by atoms with E-state index in [1.165, 1.54) is 0 Å². The smallest absolute Gasteiger partial charge is 0.262 e. The van der Waals surface area contributed by atoms with Crippen LogP contribution in [0, 0.1) is 0 Å². The first-order valence-electron chi connectivity index (χ1n) is 10.0. The average Bonchev–Trinajstić information content (AvgIpc) is 2.84. The Balaban J connectivity index is 1.25. The molecule has 4 rings (SSSR count). The summed E-state index contributed by atoms with van der Waals surface area (Å²) >= 11 is 0. The molecule has 1 aliphatic rings. The van der Waals surface area contributed by atoms with Gasteiger partial charge in [0.05, 0.1) is 25.2 Å². The Bertz CT molecular complexity index is 974. The van der Waals surface area contributed by atoms with E-state index in [0.29, 0.717) is 17.4 Å². The molecule has 1 fully saturated rings. The van der Waals surface area contributed by atoms with Gasteiger partial charge in [0.25, 0.3) is 5.91 Å². The van der Waals surface area contributed by atoms with Gasteiger partial charge in [-0.3, -0.25) is 4.79 Å². The summed E-state index contributed by atoms with van der Waals surface area (Å²) in [6, 6.07) is 13.0. The van der Waals surface area contributed by atoms with Crippen LogP contribution in [0.4, 0.5) is 17.5 Å². The molecule has 2 aromatic heterocycles. The van der Waals surface area contributed by atoms with E-state index in [-0.39, 0.29) is 12.5 Å². The summed E-state index contributed by atoms with van der Waals surface area (Å²) in [7, 11) is 1.60. The van der Waals surface area contributed by atoms with Gasteiger partial charge < -0.3 is 24.6 Å². The minimum absolute atomic E-state index is 0.108. The lowest BCUT2D eigenvalue weighted by molar-refractivity contribution is -0.118. The molecule has 9 nitrogen and oxygen atoms in total. The molecule has 1 N–H and O–H groups in total. The SMILES string of the molecule is COc1ccc(OCC(=O)Nc2cnc(N3CCN(c4ccccn4)CC3)nc2)cc1. The van der Waals surface area contributed by atoms with E-state index < -0.39 is 0 Å². The second-order valence-electron chi connectivity index (χ2n) is 6.95. The number of anilines is 3. The van der Waals surface area contributed by atoms with Crippen LogP contribution in [0.25, 0.3) is 0 Å². The molecular formula is C22H24N6O3. The second kappa shape index (κ2) is 9.75. The predicted molar refractivity (Wildman–Crippen MR) is 118 cm³/mol. The van der Waals surface area contributed by atoms with Crippen LogP contribution in [0.2, 0.25) is 0 Å². The summed E-state index contributed by atoms with van der Waals surface area (Å²) in [5, 5.41) is 2.74. The van der Waals surface area contributed by atoms with Gasteiger partial charge in [-0.05, 0) is 36.4 Å². The highest BCUT2D eigenvalue weighted by molar-refractivity contribution is 5.91. The number of methoxy groups -OCH3 is 1. The number of carbonyl (C=O) groups excluding carboxylic acids is 1. The molecule has 0 spiro atoms. The number of ether oxygens (including phenoxy) is 2. The van der Waals surface area contributed by atoms with Gasteiger partial charge in [0.1, 0.15) is 17.3 Å². The highest BCUT2D eigenvalue weighted by Crippen LogP contribution is 2.18. The fraction of sp³-hybridized carbons (Fsp3) is 0.273. The topological polar surface area (TPSA) is 92.7 Å². The number of aromatic nitrogens is 3. The van der Waals surface area contributed by atoms with Crippen molar-refractivity contribution in [1.29, 1.82) is 0 Å². The molecule has 0 radical (unpaired) electrons. The maximum Gasteiger partial charge on any atom is 0.262 e. The number of piperazine rings is 1. The zero-order valence-electron chi connectivity index (χ0n) is 17.3. The number of benzene rings is 1. The van der Waals surface area contributed by atoms with Crippen molar-refractivity contribution < 1.29 is 14.3 Å². The number of rotatable bonds is 7. The maximum absolute atomic E-state index is 12.1. The summed E-state index contributed by atoms with van der Waals surface area (Å²) < 4.78 is 10.6. The van der Waals surface area contributed by atoms with Crippen LogP contribution in [0.3, 0.4) is 0 Å². The van der Waals surface area contributed by atoms with Crippen molar-refractivity contribution in [1.82, 2.24) is 15.0 Å². The van der Waals surface area contributed by atoms with Crippen LogP contribution in [0.5, 0.6) is 11.5 Å². The lowest BCUT2D eigenvalue weighted by Gasteiger charge is -2.35. The van der Waals surface area contributed by atoms with Crippen LogP contribution in [-0.2, 0) is 4.79 Å². The summed E-state index contributed by atoms with van der Waals surface area (Å²) in [4.78, 5) is 29.7. The molecule has 31 heavy (non-hydrogen) atoms. The third-order valence-electron chi connectivity index (χ3n) is 4.89. The average molecular weight is 420 g/mol. The number of carbonyl (C=O) groups is 1. The molecule has 0 aliphatic carbocycles. The first kappa shape index (κ1) is 20.4. The van der Waals surface area contributed by atoms with Crippen molar-refractivity contribution in [2.75, 3.05) is 55.0 Å². The Labute approximate surface area is 180 Å². The zero-order valence-corrected chi connectivity index (χ0v) is 17.3. The van der Waals surface area contributed by atoms with E-state index >= 15 is 0 Å². The third-order valence-corrected chi connectivity index (χ3v) is 4.89. The fourth-order valence-electron chi connectivity index (χ4n) is 3.24. The van der Waals surface area contributed by atoms with Gasteiger partial charge in [-0.15, -0.1) is 0 Å². The minimum atomic E-state index is -0.281. The molecule has 1 amide bonds. The van der Waals surface area contributed by atoms with E-state index in [2.05, 4.69) is 30.1 Å². The van der Waals surface area contributed by atoms with Gasteiger partial charge in [0, 0.05) is 32.4 Å². The van der Waals surface area contributed by atoms with Gasteiger partial charge in [0.15, 0.2) is 6.61 Å². The molecule has 0 saturated carbocycles. The van der Waals surface area contributed by atoms with Crippen molar-refractivity contribution in [3.8, 4) is 11.5 Å². The van der Waals surface area contributed by atoms with Gasteiger partial charge in [-0.25, -0.2) is 15.0 Å². The monoisotopic (exact) mass is 420 g/mol. The maximum atomic E-state index is 12.1. The van der Waals surface area contributed by atoms with Gasteiger partial charge in [0.2, 0.25) is 5.95 Å². The number of hydrogen-bond donors (Lipinski definition) is 1. The van der Waals surface area contributed by atoms with Gasteiger partial charge in [-0.2, -0.15) is 0 Å². The molecule has 160 valence electrons. The van der Waals surface area contributed by atoms with E-state index in [4.69, 9.17) is 9.47 Å². The van der Waals surface area contributed by atoms with E-state index in [0.717, 1.165) is 37.7 Å². The van der Waals surface area contributed by atoms with Crippen LogP contribution < -0.4 is 24.6 Å². The van der Waals surface area contributed by atoms with Crippen LogP contribution >= 0.6 is 0 Å². The third kappa shape index (κ3) is 5.39. The number of nitrogens with one attached hydrogen (secondary N) is 1. The van der Waals surface area contributed by atoms with E-state index in [9.17, 15) is 4.79 Å². The molecular weight excluding hydrogens is 396 g/mol. The molecule has 1 aromatic carbocycles. The normalized spacial score (nSPS) is 13.6. The zero-order chi connectivity index (χ0) is 21.5. The summed E-state index contributed by atoms with van der Waals surface area (Å²) in [5.74, 6) is 2.67. The summed E-state index contributed by atoms with van der Waals surface area (Å²) in [6.07, 6.45) is 5.03. The van der Waals surface area contributed by atoms with Crippen LogP contribution in [0.1, 0.15) is 0 Å². The van der Waals surface area contributed by atoms with Crippen molar-refractivity contribution >= 4 is 23.4 Å². The van der Waals surface area contributed by atoms with Gasteiger partial charge >= 0.3 is 0 Å². The lowest BCUT2D eigenvalue weighted by Crippen LogP contribution is -2.47. The Kier molecular flexibility index (Phi) is 6.41. The largest absolute Gasteiger partial charge is 0.497 e. The standard InChI is InChI=1S/C22H24N6O3/c1-30-18-5-7-19(8-6-18)31-16-21(29)26-17-14-24-22(25-15-17)28-12-10-27(11-13-28)20-4-2-3-9-23-20/h2-9,14-15H,10-13,16H2,1H3,(H,26,29). The van der Waals surface area contributed by atoms with E-state index in [1.54, 1.807) is 50.0 Å². The van der Waals surface area contributed by atoms with Crippen molar-refractivity contribution in [2.45, 2.75) is 0 Å². The highest BCUT2D eigenvalue weighted by Gasteiger charge is 2.19. The minimum Gasteiger partial charge on any atom is -0.497 e. The molecule has 0 unspecified atom stereocenters. The Morgan fingerprint density at radius 2 is 1.61 bits per heavy atom. The van der Waals surface area contributed by atoms with Gasteiger partial charge in [-0.1, -0.05) is 6.07 Å². The van der Waals surface area contributed by atoms with Crippen LogP contribution in [0.15, 0.2) is 61.1 Å². The Morgan fingerprint density at radius 3 is 2.26 bits per heavy atom. The quantitative estimate of drug-likeness (QED) is 0.622. The summed E-state index contributed by atoms with van der Waals surface area (Å²) in [6.45, 7) is 3.20. The molecule has 1 aliphatic heterocycles. The Morgan fingerprint density at radius 1 is 0.935 bits per heavy atom. The van der Waals surface area contributed by atoms with Crippen molar-refractivity contribution in [3.05, 3.63) is 61.1 Å². The molecule has 1 saturated heterocycles. The first-order valence-corrected chi connectivity index (χ1v) is 10.0.